The number of hydrogen-bond acceptors (Lipinski definition) is 3. The summed E-state index contributed by atoms with van der Waals surface area (Å²) in [6.07, 6.45) is 2.49. The van der Waals surface area contributed by atoms with E-state index in [1.807, 2.05) is 31.2 Å². The third-order valence-corrected chi connectivity index (χ3v) is 4.01. The van der Waals surface area contributed by atoms with Gasteiger partial charge >= 0.3 is 0 Å². The van der Waals surface area contributed by atoms with Crippen LogP contribution in [0.25, 0.3) is 0 Å². The van der Waals surface area contributed by atoms with Crippen molar-refractivity contribution in [1.29, 1.82) is 0 Å². The number of likely N-dealkylation sites (tertiary alicyclic amines) is 1. The lowest BCUT2D eigenvalue weighted by atomic mass is 10.1. The minimum atomic E-state index is 0.00793. The number of likely N-dealkylation sites (N-methyl/N-ethyl adjacent to an activating group) is 1. The summed E-state index contributed by atoms with van der Waals surface area (Å²) in [6, 6.07) is 7.70. The second-order valence-corrected chi connectivity index (χ2v) is 5.53. The Morgan fingerprint density at radius 1 is 1.27 bits per heavy atom. The first kappa shape index (κ1) is 16.3. The van der Waals surface area contributed by atoms with Crippen LogP contribution in [0, 0.1) is 0 Å². The summed E-state index contributed by atoms with van der Waals surface area (Å²) in [4.78, 5) is 27.7. The van der Waals surface area contributed by atoms with E-state index in [9.17, 15) is 9.59 Å². The van der Waals surface area contributed by atoms with Crippen molar-refractivity contribution in [2.75, 3.05) is 26.7 Å². The highest BCUT2D eigenvalue weighted by molar-refractivity contribution is 5.85. The number of carbonyl (C=O) groups excluding carboxylic acids is 2. The van der Waals surface area contributed by atoms with Crippen LogP contribution in [0.2, 0.25) is 0 Å². The molecule has 1 saturated heterocycles. The molecule has 1 aromatic carbocycles. The van der Waals surface area contributed by atoms with E-state index in [4.69, 9.17) is 4.74 Å². The maximum Gasteiger partial charge on any atom is 0.242 e. The van der Waals surface area contributed by atoms with Crippen LogP contribution >= 0.6 is 0 Å². The first-order chi connectivity index (χ1) is 10.6. The van der Waals surface area contributed by atoms with Crippen LogP contribution in [-0.2, 0) is 16.1 Å². The van der Waals surface area contributed by atoms with Crippen LogP contribution in [-0.4, -0.2) is 48.4 Å². The molecule has 5 nitrogen and oxygen atoms in total. The molecule has 120 valence electrons. The Morgan fingerprint density at radius 3 is 2.59 bits per heavy atom. The second-order valence-electron chi connectivity index (χ2n) is 5.53. The fraction of sp³-hybridized carbons (Fsp3) is 0.529. The SMILES string of the molecule is CCN(Cc1ccc(OC)cc1)C(=O)CN1CCCCC1=O. The third kappa shape index (κ3) is 4.23. The van der Waals surface area contributed by atoms with Crippen LogP contribution in [0.5, 0.6) is 5.75 Å². The summed E-state index contributed by atoms with van der Waals surface area (Å²) < 4.78 is 5.14. The highest BCUT2D eigenvalue weighted by Gasteiger charge is 2.22. The molecule has 0 radical (unpaired) electrons. The van der Waals surface area contributed by atoms with Gasteiger partial charge in [0.25, 0.3) is 0 Å². The molecule has 22 heavy (non-hydrogen) atoms. The van der Waals surface area contributed by atoms with E-state index in [0.717, 1.165) is 24.2 Å². The van der Waals surface area contributed by atoms with Gasteiger partial charge in [0.05, 0.1) is 13.7 Å². The average molecular weight is 304 g/mol. The molecule has 0 atom stereocenters. The summed E-state index contributed by atoms with van der Waals surface area (Å²) in [6.45, 7) is 4.04. The number of nitrogens with zero attached hydrogens (tertiary/aromatic N) is 2. The van der Waals surface area contributed by atoms with Crippen LogP contribution in [0.3, 0.4) is 0 Å². The van der Waals surface area contributed by atoms with Crippen LogP contribution in [0.4, 0.5) is 0 Å². The summed E-state index contributed by atoms with van der Waals surface area (Å²) >= 11 is 0. The number of benzene rings is 1. The number of amides is 2. The Balaban J connectivity index is 1.94. The molecule has 1 aromatic rings. The fourth-order valence-electron chi connectivity index (χ4n) is 2.62. The Morgan fingerprint density at radius 2 is 2.00 bits per heavy atom. The van der Waals surface area contributed by atoms with E-state index in [1.165, 1.54) is 0 Å². The van der Waals surface area contributed by atoms with Gasteiger partial charge in [-0.2, -0.15) is 0 Å². The maximum absolute atomic E-state index is 12.4. The smallest absolute Gasteiger partial charge is 0.242 e. The predicted molar refractivity (Wildman–Crippen MR) is 84.5 cm³/mol. The number of methoxy groups -OCH3 is 1. The Kier molecular flexibility index (Phi) is 5.81. The first-order valence-corrected chi connectivity index (χ1v) is 7.82. The Hall–Kier alpha value is -2.04. The largest absolute Gasteiger partial charge is 0.497 e. The van der Waals surface area contributed by atoms with Crippen molar-refractivity contribution in [3.8, 4) is 5.75 Å². The van der Waals surface area contributed by atoms with Crippen molar-refractivity contribution in [2.24, 2.45) is 0 Å². The zero-order valence-corrected chi connectivity index (χ0v) is 13.4. The van der Waals surface area contributed by atoms with Crippen molar-refractivity contribution < 1.29 is 14.3 Å². The summed E-state index contributed by atoms with van der Waals surface area (Å²) in [5.74, 6) is 0.908. The second kappa shape index (κ2) is 7.82. The molecule has 0 bridgehead atoms. The van der Waals surface area contributed by atoms with Gasteiger partial charge in [0.2, 0.25) is 11.8 Å². The summed E-state index contributed by atoms with van der Waals surface area (Å²) in [5.41, 5.74) is 1.06. The number of ether oxygens (including phenoxy) is 1. The van der Waals surface area contributed by atoms with Gasteiger partial charge in [0.15, 0.2) is 0 Å². The molecule has 0 N–H and O–H groups in total. The van der Waals surface area contributed by atoms with Crippen molar-refractivity contribution in [2.45, 2.75) is 32.7 Å². The Bertz CT molecular complexity index is 513. The lowest BCUT2D eigenvalue weighted by Gasteiger charge is -2.29. The number of rotatable bonds is 6. The van der Waals surface area contributed by atoms with Gasteiger partial charge in [0, 0.05) is 26.1 Å². The standard InChI is InChI=1S/C17H24N2O3/c1-3-18(12-14-7-9-15(22-2)10-8-14)17(21)13-19-11-5-4-6-16(19)20/h7-10H,3-6,11-13H2,1-2H3. The van der Waals surface area contributed by atoms with Crippen LogP contribution in [0.1, 0.15) is 31.7 Å². The fourth-order valence-corrected chi connectivity index (χ4v) is 2.62. The van der Waals surface area contributed by atoms with E-state index in [0.29, 0.717) is 26.1 Å². The third-order valence-electron chi connectivity index (χ3n) is 4.01. The maximum atomic E-state index is 12.4. The molecule has 1 aliphatic heterocycles. The molecule has 0 spiro atoms. The molecule has 1 heterocycles. The van der Waals surface area contributed by atoms with Gasteiger partial charge < -0.3 is 14.5 Å². The molecular weight excluding hydrogens is 280 g/mol. The normalized spacial score (nSPS) is 14.8. The topological polar surface area (TPSA) is 49.9 Å². The van der Waals surface area contributed by atoms with Crippen LogP contribution < -0.4 is 4.74 Å². The molecule has 2 rings (SSSR count). The minimum absolute atomic E-state index is 0.00793. The van der Waals surface area contributed by atoms with E-state index in [1.54, 1.807) is 16.9 Å². The number of hydrogen-bond donors (Lipinski definition) is 0. The lowest BCUT2D eigenvalue weighted by Crippen LogP contribution is -2.44. The van der Waals surface area contributed by atoms with Gasteiger partial charge in [-0.3, -0.25) is 9.59 Å². The molecule has 1 fully saturated rings. The molecular formula is C17H24N2O3. The van der Waals surface area contributed by atoms with E-state index in [2.05, 4.69) is 0 Å². The van der Waals surface area contributed by atoms with Gasteiger partial charge in [-0.05, 0) is 37.5 Å². The molecule has 0 unspecified atom stereocenters. The molecule has 5 heteroatoms. The predicted octanol–water partition coefficient (Wildman–Crippen LogP) is 2.06. The molecule has 0 aromatic heterocycles. The van der Waals surface area contributed by atoms with Gasteiger partial charge in [-0.1, -0.05) is 12.1 Å². The van der Waals surface area contributed by atoms with Crippen molar-refractivity contribution in [3.63, 3.8) is 0 Å². The quantitative estimate of drug-likeness (QED) is 0.808. The number of carbonyl (C=O) groups is 2. The van der Waals surface area contributed by atoms with Crippen LogP contribution in [0.15, 0.2) is 24.3 Å². The van der Waals surface area contributed by atoms with Gasteiger partial charge in [-0.15, -0.1) is 0 Å². The zero-order chi connectivity index (χ0) is 15.9. The molecule has 1 aliphatic rings. The van der Waals surface area contributed by atoms with Gasteiger partial charge in [0.1, 0.15) is 5.75 Å². The minimum Gasteiger partial charge on any atom is -0.497 e. The van der Waals surface area contributed by atoms with Gasteiger partial charge in [-0.25, -0.2) is 0 Å². The highest BCUT2D eigenvalue weighted by atomic mass is 16.5. The zero-order valence-electron chi connectivity index (χ0n) is 13.4. The molecule has 2 amide bonds. The monoisotopic (exact) mass is 304 g/mol. The van der Waals surface area contributed by atoms with E-state index >= 15 is 0 Å². The lowest BCUT2D eigenvalue weighted by molar-refractivity contribution is -0.142. The van der Waals surface area contributed by atoms with Crippen molar-refractivity contribution >= 4 is 11.8 Å². The van der Waals surface area contributed by atoms with E-state index < -0.39 is 0 Å². The average Bonchev–Trinajstić information content (AvgIpc) is 2.55. The number of piperidine rings is 1. The highest BCUT2D eigenvalue weighted by Crippen LogP contribution is 2.14. The summed E-state index contributed by atoms with van der Waals surface area (Å²) in [7, 11) is 1.63. The van der Waals surface area contributed by atoms with Crippen molar-refractivity contribution in [1.82, 2.24) is 9.80 Å². The van der Waals surface area contributed by atoms with Crippen molar-refractivity contribution in [3.05, 3.63) is 29.8 Å². The molecule has 0 aliphatic carbocycles. The molecule has 0 saturated carbocycles. The Labute approximate surface area is 131 Å². The van der Waals surface area contributed by atoms with E-state index in [-0.39, 0.29) is 18.4 Å². The first-order valence-electron chi connectivity index (χ1n) is 7.82. The summed E-state index contributed by atoms with van der Waals surface area (Å²) in [5, 5.41) is 0.